The maximum atomic E-state index is 8.90. The third kappa shape index (κ3) is 4.40. The van der Waals surface area contributed by atoms with Gasteiger partial charge in [-0.2, -0.15) is 0 Å². The molecule has 4 atom stereocenters. The lowest BCUT2D eigenvalue weighted by Crippen LogP contribution is -2.57. The molecule has 0 unspecified atom stereocenters. The summed E-state index contributed by atoms with van der Waals surface area (Å²) in [6.07, 6.45) is 0.0275. The molecular formula is C18H32O5Si. The lowest BCUT2D eigenvalue weighted by molar-refractivity contribution is -0.155. The average molecular weight is 357 g/mol. The maximum Gasteiger partial charge on any atom is 0.192 e. The van der Waals surface area contributed by atoms with Gasteiger partial charge in [-0.3, -0.25) is 0 Å². The predicted molar refractivity (Wildman–Crippen MR) is 95.1 cm³/mol. The van der Waals surface area contributed by atoms with Crippen molar-refractivity contribution in [3.05, 3.63) is 0 Å². The minimum Gasteiger partial charge on any atom is -0.408 e. The summed E-state index contributed by atoms with van der Waals surface area (Å²) >= 11 is 0. The minimum atomic E-state index is -1.81. The van der Waals surface area contributed by atoms with Crippen LogP contribution in [0.2, 0.25) is 18.1 Å². The summed E-state index contributed by atoms with van der Waals surface area (Å²) in [5.41, 5.74) is 0. The lowest BCUT2D eigenvalue weighted by atomic mass is 9.98. The number of aliphatic hydroxyl groups is 1. The third-order valence-corrected chi connectivity index (χ3v) is 9.85. The molecule has 0 aromatic carbocycles. The zero-order valence-electron chi connectivity index (χ0n) is 15.6. The molecule has 2 aliphatic heterocycles. The molecule has 6 heteroatoms. The smallest absolute Gasteiger partial charge is 0.192 e. The van der Waals surface area contributed by atoms with Gasteiger partial charge in [0, 0.05) is 6.42 Å². The molecule has 0 aromatic rings. The highest BCUT2D eigenvalue weighted by Crippen LogP contribution is 2.38. The van der Waals surface area contributed by atoms with E-state index in [1.54, 1.807) is 0 Å². The molecule has 2 saturated heterocycles. The Morgan fingerprint density at radius 3 is 2.38 bits per heavy atom. The fourth-order valence-electron chi connectivity index (χ4n) is 3.63. The van der Waals surface area contributed by atoms with E-state index in [0.717, 1.165) is 18.1 Å². The van der Waals surface area contributed by atoms with Gasteiger partial charge < -0.3 is 23.7 Å². The molecule has 0 aromatic heterocycles. The first-order chi connectivity index (χ1) is 11.4. The average Bonchev–Trinajstić information content (AvgIpc) is 2.89. The summed E-state index contributed by atoms with van der Waals surface area (Å²) in [5.74, 6) is 5.09. The van der Waals surface area contributed by atoms with Crippen LogP contribution >= 0.6 is 0 Å². The molecule has 0 bridgehead atoms. The van der Waals surface area contributed by atoms with Crippen LogP contribution in [0.5, 0.6) is 0 Å². The molecule has 24 heavy (non-hydrogen) atoms. The monoisotopic (exact) mass is 356 g/mol. The second kappa shape index (κ2) is 8.30. The van der Waals surface area contributed by atoms with E-state index in [0.29, 0.717) is 13.0 Å². The Morgan fingerprint density at radius 1 is 1.12 bits per heavy atom. The van der Waals surface area contributed by atoms with Gasteiger partial charge in [0.1, 0.15) is 24.9 Å². The van der Waals surface area contributed by atoms with Gasteiger partial charge in [0.25, 0.3) is 0 Å². The van der Waals surface area contributed by atoms with Gasteiger partial charge in [-0.1, -0.05) is 32.6 Å². The van der Waals surface area contributed by atoms with Gasteiger partial charge in [0.2, 0.25) is 0 Å². The molecule has 5 nitrogen and oxygen atoms in total. The largest absolute Gasteiger partial charge is 0.408 e. The summed E-state index contributed by atoms with van der Waals surface area (Å²) in [7, 11) is -1.81. The fraction of sp³-hybridized carbons (Fsp3) is 0.889. The Labute approximate surface area is 147 Å². The Morgan fingerprint density at radius 2 is 1.79 bits per heavy atom. The van der Waals surface area contributed by atoms with E-state index in [9.17, 15) is 0 Å². The zero-order chi connectivity index (χ0) is 17.8. The normalized spacial score (nSPS) is 32.1. The third-order valence-electron chi connectivity index (χ3n) is 5.21. The molecule has 138 valence electrons. The molecule has 0 amide bonds. The summed E-state index contributed by atoms with van der Waals surface area (Å²) < 4.78 is 25.0. The van der Waals surface area contributed by atoms with Crippen molar-refractivity contribution in [2.45, 2.75) is 89.4 Å². The van der Waals surface area contributed by atoms with Crippen LogP contribution in [0.3, 0.4) is 0 Å². The maximum absolute atomic E-state index is 8.90. The number of hydrogen-bond acceptors (Lipinski definition) is 5. The van der Waals surface area contributed by atoms with Crippen LogP contribution in [-0.4, -0.2) is 56.8 Å². The second-order valence-corrected chi connectivity index (χ2v) is 11.8. The molecule has 0 radical (unpaired) electrons. The highest BCUT2D eigenvalue weighted by molar-refractivity contribution is 6.73. The van der Waals surface area contributed by atoms with Crippen LogP contribution in [0.4, 0.5) is 0 Å². The summed E-state index contributed by atoms with van der Waals surface area (Å²) in [6.45, 7) is 10.9. The molecule has 0 saturated carbocycles. The van der Waals surface area contributed by atoms with Crippen molar-refractivity contribution in [2.75, 3.05) is 13.2 Å². The van der Waals surface area contributed by atoms with Crippen LogP contribution in [0.1, 0.15) is 41.0 Å². The van der Waals surface area contributed by atoms with E-state index in [1.807, 2.05) is 13.8 Å². The number of fused-ring (bicyclic) bond motifs is 1. The molecule has 2 rings (SSSR count). The standard InChI is InChI=1S/C18H32O5Si/c1-6-24(7-2,8-3)23-17-14(11-9-10-12-19)20-13-15-16(17)22-18(4,5)21-15/h14-17,19H,6-8,11-13H2,1-5H3/t14-,15-,16-,17+/m1/s1. The van der Waals surface area contributed by atoms with E-state index in [-0.39, 0.29) is 31.0 Å². The van der Waals surface area contributed by atoms with Crippen molar-refractivity contribution in [2.24, 2.45) is 0 Å². The highest BCUT2D eigenvalue weighted by atomic mass is 28.4. The molecule has 0 spiro atoms. The van der Waals surface area contributed by atoms with Crippen LogP contribution in [0.25, 0.3) is 0 Å². The van der Waals surface area contributed by atoms with Crippen molar-refractivity contribution in [3.8, 4) is 11.8 Å². The Kier molecular flexibility index (Phi) is 6.88. The number of aliphatic hydroxyl groups excluding tert-OH is 1. The Hall–Kier alpha value is -0.423. The Bertz CT molecular complexity index is 458. The number of hydrogen-bond donors (Lipinski definition) is 1. The summed E-state index contributed by atoms with van der Waals surface area (Å²) in [6, 6.07) is 3.23. The predicted octanol–water partition coefficient (Wildman–Crippen LogP) is 2.68. The van der Waals surface area contributed by atoms with Crippen molar-refractivity contribution in [1.29, 1.82) is 0 Å². The lowest BCUT2D eigenvalue weighted by Gasteiger charge is -2.42. The Balaban J connectivity index is 2.22. The second-order valence-electron chi connectivity index (χ2n) is 7.05. The number of ether oxygens (including phenoxy) is 3. The first kappa shape index (κ1) is 19.9. The van der Waals surface area contributed by atoms with Gasteiger partial charge in [-0.15, -0.1) is 0 Å². The molecule has 1 N–H and O–H groups in total. The fourth-order valence-corrected chi connectivity index (χ4v) is 6.49. The van der Waals surface area contributed by atoms with E-state index in [2.05, 4.69) is 32.6 Å². The van der Waals surface area contributed by atoms with Gasteiger partial charge in [-0.25, -0.2) is 0 Å². The van der Waals surface area contributed by atoms with Crippen molar-refractivity contribution < 1.29 is 23.7 Å². The zero-order valence-corrected chi connectivity index (χ0v) is 16.6. The van der Waals surface area contributed by atoms with E-state index in [1.165, 1.54) is 0 Å². The van der Waals surface area contributed by atoms with Gasteiger partial charge in [0.05, 0.1) is 12.7 Å². The summed E-state index contributed by atoms with van der Waals surface area (Å²) in [4.78, 5) is 0. The van der Waals surface area contributed by atoms with Gasteiger partial charge >= 0.3 is 0 Å². The van der Waals surface area contributed by atoms with Crippen LogP contribution in [0.15, 0.2) is 0 Å². The minimum absolute atomic E-state index is 0.0932. The first-order valence-electron chi connectivity index (χ1n) is 9.12. The van der Waals surface area contributed by atoms with Crippen molar-refractivity contribution in [1.82, 2.24) is 0 Å². The first-order valence-corrected chi connectivity index (χ1v) is 11.6. The molecule has 0 aliphatic carbocycles. The van der Waals surface area contributed by atoms with Crippen molar-refractivity contribution in [3.63, 3.8) is 0 Å². The molecule has 2 fully saturated rings. The van der Waals surface area contributed by atoms with E-state index in [4.69, 9.17) is 23.7 Å². The highest BCUT2D eigenvalue weighted by Gasteiger charge is 2.53. The van der Waals surface area contributed by atoms with Crippen molar-refractivity contribution >= 4 is 8.32 Å². The van der Waals surface area contributed by atoms with E-state index < -0.39 is 14.1 Å². The van der Waals surface area contributed by atoms with Crippen LogP contribution in [0, 0.1) is 11.8 Å². The summed E-state index contributed by atoms with van der Waals surface area (Å²) in [5, 5.41) is 8.90. The quantitative estimate of drug-likeness (QED) is 0.586. The van der Waals surface area contributed by atoms with E-state index >= 15 is 0 Å². The van der Waals surface area contributed by atoms with Crippen LogP contribution < -0.4 is 0 Å². The molecule has 2 aliphatic rings. The molecule has 2 heterocycles. The van der Waals surface area contributed by atoms with Gasteiger partial charge in [-0.05, 0) is 32.0 Å². The van der Waals surface area contributed by atoms with Gasteiger partial charge in [0.15, 0.2) is 14.1 Å². The van der Waals surface area contributed by atoms with Crippen LogP contribution in [-0.2, 0) is 18.6 Å². The topological polar surface area (TPSA) is 57.2 Å². The molecular weight excluding hydrogens is 324 g/mol. The number of rotatable bonds is 6. The SMILES string of the molecule is CC[Si](CC)(CC)O[C@@H]1[C@@H]2OC(C)(C)O[C@@H]2CO[C@@H]1CC#CCO.